The van der Waals surface area contributed by atoms with Crippen molar-refractivity contribution in [3.8, 4) is 11.3 Å². The summed E-state index contributed by atoms with van der Waals surface area (Å²) in [5.74, 6) is -0.790. The highest BCUT2D eigenvalue weighted by molar-refractivity contribution is 6.05. The maximum atomic E-state index is 12.8. The van der Waals surface area contributed by atoms with Crippen LogP contribution < -0.4 is 5.32 Å². The lowest BCUT2D eigenvalue weighted by atomic mass is 10.1. The van der Waals surface area contributed by atoms with Crippen molar-refractivity contribution in [1.82, 2.24) is 25.3 Å². The van der Waals surface area contributed by atoms with Crippen LogP contribution in [-0.4, -0.2) is 25.8 Å². The van der Waals surface area contributed by atoms with Crippen LogP contribution in [0.4, 0.5) is 13.2 Å². The Hall–Kier alpha value is -3.82. The molecule has 0 atom stereocenters. The van der Waals surface area contributed by atoms with Crippen LogP contribution >= 0.6 is 0 Å². The fraction of sp³-hybridized carbons (Fsp3) is 0.227. The van der Waals surface area contributed by atoms with E-state index in [4.69, 9.17) is 4.42 Å². The number of fused-ring (bicyclic) bond motifs is 1. The van der Waals surface area contributed by atoms with E-state index >= 15 is 0 Å². The average molecular weight is 439 g/mol. The fourth-order valence-electron chi connectivity index (χ4n) is 3.40. The number of alkyl halides is 3. The molecule has 1 fully saturated rings. The highest BCUT2D eigenvalue weighted by Gasteiger charge is 2.34. The molecule has 7 nitrogen and oxygen atoms in total. The number of rotatable bonds is 5. The molecule has 3 aromatic heterocycles. The normalized spacial score (nSPS) is 14.0. The standard InChI is InChI=1S/C22H16F3N5O2/c23-22(24,25)21-29-10-12(11-30-21)9-28-20(31)19-17-16(26-7-8-27-17)18(32-19)15-5-3-14(4-6-15)13-1-2-13/h3-8,10-11,13H,1-2,9H2,(H,28,31). The summed E-state index contributed by atoms with van der Waals surface area (Å²) in [6.45, 7) is -0.0785. The van der Waals surface area contributed by atoms with Crippen molar-refractivity contribution in [2.45, 2.75) is 31.5 Å². The number of hydrogen-bond donors (Lipinski definition) is 1. The third kappa shape index (κ3) is 3.91. The van der Waals surface area contributed by atoms with Crippen LogP contribution in [0, 0.1) is 0 Å². The van der Waals surface area contributed by atoms with Gasteiger partial charge in [-0.2, -0.15) is 13.2 Å². The van der Waals surface area contributed by atoms with Crippen molar-refractivity contribution in [3.05, 3.63) is 71.8 Å². The Morgan fingerprint density at radius 1 is 1.00 bits per heavy atom. The predicted molar refractivity (Wildman–Crippen MR) is 107 cm³/mol. The number of carbonyl (C=O) groups is 1. The van der Waals surface area contributed by atoms with E-state index in [1.807, 2.05) is 24.3 Å². The average Bonchev–Trinajstić information content (AvgIpc) is 3.58. The second-order valence-corrected chi connectivity index (χ2v) is 7.51. The van der Waals surface area contributed by atoms with E-state index in [1.54, 1.807) is 0 Å². The molecule has 0 radical (unpaired) electrons. The Bertz CT molecular complexity index is 1280. The predicted octanol–water partition coefficient (Wildman–Crippen LogP) is 4.51. The number of amides is 1. The maximum absolute atomic E-state index is 12.8. The Morgan fingerprint density at radius 3 is 2.28 bits per heavy atom. The minimum Gasteiger partial charge on any atom is -0.446 e. The summed E-state index contributed by atoms with van der Waals surface area (Å²) in [6.07, 6.45) is 2.78. The monoisotopic (exact) mass is 439 g/mol. The molecule has 0 aliphatic heterocycles. The summed E-state index contributed by atoms with van der Waals surface area (Å²) < 4.78 is 43.6. The van der Waals surface area contributed by atoms with E-state index in [0.717, 1.165) is 18.0 Å². The topological polar surface area (TPSA) is 93.8 Å². The van der Waals surface area contributed by atoms with Gasteiger partial charge in [0, 0.05) is 42.5 Å². The SMILES string of the molecule is O=C(NCc1cnc(C(F)(F)F)nc1)c1oc(-c2ccc(C3CC3)cc2)c2nccnc12. The first kappa shape index (κ1) is 20.1. The number of furan rings is 1. The van der Waals surface area contributed by atoms with Crippen molar-refractivity contribution in [2.75, 3.05) is 0 Å². The Balaban J connectivity index is 1.38. The van der Waals surface area contributed by atoms with E-state index < -0.39 is 17.9 Å². The zero-order valence-corrected chi connectivity index (χ0v) is 16.6. The zero-order valence-electron chi connectivity index (χ0n) is 16.6. The van der Waals surface area contributed by atoms with E-state index in [2.05, 4.69) is 25.3 Å². The lowest BCUT2D eigenvalue weighted by molar-refractivity contribution is -0.145. The number of hydrogen-bond acceptors (Lipinski definition) is 6. The second-order valence-electron chi connectivity index (χ2n) is 7.51. The second kappa shape index (κ2) is 7.70. The van der Waals surface area contributed by atoms with Gasteiger partial charge in [-0.05, 0) is 24.3 Å². The van der Waals surface area contributed by atoms with E-state index in [1.165, 1.54) is 30.8 Å². The summed E-state index contributed by atoms with van der Waals surface area (Å²) in [5, 5.41) is 2.60. The molecule has 0 spiro atoms. The van der Waals surface area contributed by atoms with Crippen molar-refractivity contribution in [1.29, 1.82) is 0 Å². The van der Waals surface area contributed by atoms with Gasteiger partial charge in [0.25, 0.3) is 5.91 Å². The molecule has 1 aliphatic carbocycles. The molecule has 0 unspecified atom stereocenters. The van der Waals surface area contributed by atoms with Gasteiger partial charge in [0.1, 0.15) is 11.0 Å². The van der Waals surface area contributed by atoms with Crippen LogP contribution in [0.2, 0.25) is 0 Å². The number of aromatic nitrogens is 4. The molecule has 4 aromatic rings. The van der Waals surface area contributed by atoms with Gasteiger partial charge in [0.2, 0.25) is 11.6 Å². The fourth-order valence-corrected chi connectivity index (χ4v) is 3.40. The Kier molecular flexibility index (Phi) is 4.84. The van der Waals surface area contributed by atoms with Crippen LogP contribution in [0.5, 0.6) is 0 Å². The molecule has 1 aromatic carbocycles. The summed E-state index contributed by atoms with van der Waals surface area (Å²) in [5.41, 5.74) is 3.11. The van der Waals surface area contributed by atoms with E-state index in [0.29, 0.717) is 28.3 Å². The van der Waals surface area contributed by atoms with E-state index in [9.17, 15) is 18.0 Å². The molecule has 162 valence electrons. The summed E-state index contributed by atoms with van der Waals surface area (Å²) >= 11 is 0. The van der Waals surface area contributed by atoms with Gasteiger partial charge in [0.05, 0.1) is 0 Å². The van der Waals surface area contributed by atoms with E-state index in [-0.39, 0.29) is 12.3 Å². The molecule has 0 saturated heterocycles. The molecule has 0 bridgehead atoms. The minimum absolute atomic E-state index is 0.0257. The highest BCUT2D eigenvalue weighted by atomic mass is 19.4. The molecular formula is C22H16F3N5O2. The molecule has 5 rings (SSSR count). The lowest BCUT2D eigenvalue weighted by Gasteiger charge is -2.06. The van der Waals surface area contributed by atoms with Crippen LogP contribution in [0.3, 0.4) is 0 Å². The van der Waals surface area contributed by atoms with Gasteiger partial charge >= 0.3 is 6.18 Å². The molecule has 1 saturated carbocycles. The molecule has 1 N–H and O–H groups in total. The Morgan fingerprint density at radius 2 is 1.66 bits per heavy atom. The summed E-state index contributed by atoms with van der Waals surface area (Å²) in [4.78, 5) is 27.9. The number of carbonyl (C=O) groups excluding carboxylic acids is 1. The zero-order chi connectivity index (χ0) is 22.3. The highest BCUT2D eigenvalue weighted by Crippen LogP contribution is 2.41. The number of nitrogens with zero attached hydrogens (tertiary/aromatic N) is 4. The van der Waals surface area contributed by atoms with Crippen molar-refractivity contribution in [2.24, 2.45) is 0 Å². The smallest absolute Gasteiger partial charge is 0.446 e. The molecular weight excluding hydrogens is 423 g/mol. The van der Waals surface area contributed by atoms with Gasteiger partial charge in [-0.1, -0.05) is 24.3 Å². The number of halogens is 3. The van der Waals surface area contributed by atoms with Gasteiger partial charge in [-0.15, -0.1) is 0 Å². The first-order chi connectivity index (χ1) is 15.4. The third-order valence-electron chi connectivity index (χ3n) is 5.17. The quantitative estimate of drug-likeness (QED) is 0.492. The van der Waals surface area contributed by atoms with Crippen LogP contribution in [0.25, 0.3) is 22.4 Å². The van der Waals surface area contributed by atoms with Crippen molar-refractivity contribution < 1.29 is 22.4 Å². The number of nitrogens with one attached hydrogen (secondary N) is 1. The molecule has 10 heteroatoms. The first-order valence-electron chi connectivity index (χ1n) is 9.90. The van der Waals surface area contributed by atoms with Gasteiger partial charge in [-0.3, -0.25) is 4.79 Å². The van der Waals surface area contributed by atoms with Crippen LogP contribution in [0.15, 0.2) is 53.5 Å². The van der Waals surface area contributed by atoms with Crippen LogP contribution in [-0.2, 0) is 12.7 Å². The van der Waals surface area contributed by atoms with Gasteiger partial charge in [0.15, 0.2) is 5.76 Å². The number of benzene rings is 1. The van der Waals surface area contributed by atoms with Gasteiger partial charge in [-0.25, -0.2) is 19.9 Å². The Labute approximate surface area is 179 Å². The molecule has 3 heterocycles. The first-order valence-corrected chi connectivity index (χ1v) is 9.90. The molecule has 1 aliphatic rings. The largest absolute Gasteiger partial charge is 0.451 e. The van der Waals surface area contributed by atoms with Crippen molar-refractivity contribution in [3.63, 3.8) is 0 Å². The maximum Gasteiger partial charge on any atom is 0.451 e. The summed E-state index contributed by atoms with van der Waals surface area (Å²) in [6, 6.07) is 7.95. The summed E-state index contributed by atoms with van der Waals surface area (Å²) in [7, 11) is 0. The molecule has 32 heavy (non-hydrogen) atoms. The molecule has 1 amide bonds. The minimum atomic E-state index is -4.62. The lowest BCUT2D eigenvalue weighted by Crippen LogP contribution is -2.23. The van der Waals surface area contributed by atoms with Crippen molar-refractivity contribution >= 4 is 16.9 Å². The van der Waals surface area contributed by atoms with Gasteiger partial charge < -0.3 is 9.73 Å². The third-order valence-corrected chi connectivity index (χ3v) is 5.17. The van der Waals surface area contributed by atoms with Crippen LogP contribution in [0.1, 0.15) is 46.3 Å².